The molecule has 1 unspecified atom stereocenters. The Morgan fingerprint density at radius 1 is 1.12 bits per heavy atom. The smallest absolute Gasteiger partial charge is 0.251 e. The molecule has 2 aromatic carbocycles. The van der Waals surface area contributed by atoms with Gasteiger partial charge in [0.15, 0.2) is 0 Å². The van der Waals surface area contributed by atoms with Crippen molar-refractivity contribution in [3.05, 3.63) is 59.7 Å². The lowest BCUT2D eigenvalue weighted by atomic mass is 10.1. The van der Waals surface area contributed by atoms with E-state index in [0.717, 1.165) is 24.1 Å². The predicted octanol–water partition coefficient (Wildman–Crippen LogP) is 3.53. The van der Waals surface area contributed by atoms with Gasteiger partial charge in [-0.1, -0.05) is 18.2 Å². The van der Waals surface area contributed by atoms with Crippen molar-refractivity contribution in [1.29, 1.82) is 0 Å². The number of nitrogens with one attached hydrogen (secondary N) is 2. The number of anilines is 2. The molecule has 1 atom stereocenters. The molecule has 25 heavy (non-hydrogen) atoms. The molecule has 0 spiro atoms. The maximum atomic E-state index is 12.3. The van der Waals surface area contributed by atoms with Crippen LogP contribution in [0.3, 0.4) is 0 Å². The first-order valence-electron chi connectivity index (χ1n) is 8.10. The highest BCUT2D eigenvalue weighted by molar-refractivity contribution is 5.95. The molecule has 1 aliphatic rings. The number of amides is 2. The molecule has 2 aromatic rings. The van der Waals surface area contributed by atoms with Crippen LogP contribution < -0.4 is 16.4 Å². The van der Waals surface area contributed by atoms with Crippen molar-refractivity contribution in [2.45, 2.75) is 25.8 Å². The minimum atomic E-state index is -0.166. The fourth-order valence-corrected chi connectivity index (χ4v) is 2.49. The topological polar surface area (TPSA) is 84.2 Å². The molecule has 2 amide bonds. The van der Waals surface area contributed by atoms with Crippen LogP contribution in [0.4, 0.5) is 11.4 Å². The van der Waals surface area contributed by atoms with Crippen LogP contribution in [0.15, 0.2) is 48.5 Å². The van der Waals surface area contributed by atoms with E-state index in [9.17, 15) is 9.59 Å². The molecule has 1 fully saturated rings. The zero-order valence-electron chi connectivity index (χ0n) is 14.0. The highest BCUT2D eigenvalue weighted by Gasteiger charge is 2.29. The average molecular weight is 360 g/mol. The molecule has 0 radical (unpaired) electrons. The first-order chi connectivity index (χ1) is 11.5. The summed E-state index contributed by atoms with van der Waals surface area (Å²) in [5.74, 6) is 0.105. The first kappa shape index (κ1) is 18.8. The largest absolute Gasteiger partial charge is 0.399 e. The van der Waals surface area contributed by atoms with Gasteiger partial charge in [0.1, 0.15) is 0 Å². The fourth-order valence-electron chi connectivity index (χ4n) is 2.49. The van der Waals surface area contributed by atoms with E-state index < -0.39 is 0 Å². The van der Waals surface area contributed by atoms with Gasteiger partial charge in [-0.15, -0.1) is 12.4 Å². The summed E-state index contributed by atoms with van der Waals surface area (Å²) in [6.45, 7) is 1.92. The quantitative estimate of drug-likeness (QED) is 0.714. The van der Waals surface area contributed by atoms with E-state index >= 15 is 0 Å². The molecule has 1 aliphatic carbocycles. The normalized spacial score (nSPS) is 14.1. The molecule has 0 aromatic heterocycles. The van der Waals surface area contributed by atoms with Crippen molar-refractivity contribution >= 4 is 35.6 Å². The summed E-state index contributed by atoms with van der Waals surface area (Å²) in [5.41, 5.74) is 8.56. The van der Waals surface area contributed by atoms with E-state index in [0.29, 0.717) is 11.3 Å². The number of halogens is 1. The second-order valence-corrected chi connectivity index (χ2v) is 6.21. The van der Waals surface area contributed by atoms with Crippen LogP contribution in [0.25, 0.3) is 0 Å². The lowest BCUT2D eigenvalue weighted by molar-refractivity contribution is -0.117. The Bertz CT molecular complexity index is 758. The maximum absolute atomic E-state index is 12.3. The van der Waals surface area contributed by atoms with Gasteiger partial charge in [-0.25, -0.2) is 0 Å². The molecule has 6 heteroatoms. The Balaban J connectivity index is 0.00000225. The van der Waals surface area contributed by atoms with Crippen LogP contribution in [0.1, 0.15) is 41.7 Å². The lowest BCUT2D eigenvalue weighted by Crippen LogP contribution is -2.26. The summed E-state index contributed by atoms with van der Waals surface area (Å²) in [5, 5.41) is 5.85. The van der Waals surface area contributed by atoms with Gasteiger partial charge in [-0.3, -0.25) is 9.59 Å². The number of hydrogen-bond donors (Lipinski definition) is 3. The second-order valence-electron chi connectivity index (χ2n) is 6.21. The number of carbonyl (C=O) groups excluding carboxylic acids is 2. The molecule has 1 saturated carbocycles. The van der Waals surface area contributed by atoms with E-state index in [-0.39, 0.29) is 36.2 Å². The van der Waals surface area contributed by atoms with Crippen molar-refractivity contribution in [2.24, 2.45) is 5.92 Å². The number of nitrogens with two attached hydrogens (primary N) is 1. The molecule has 5 nitrogen and oxygen atoms in total. The molecule has 0 bridgehead atoms. The van der Waals surface area contributed by atoms with E-state index in [1.54, 1.807) is 24.3 Å². The zero-order valence-corrected chi connectivity index (χ0v) is 14.8. The summed E-state index contributed by atoms with van der Waals surface area (Å²) in [6, 6.07) is 14.3. The number of rotatable bonds is 5. The van der Waals surface area contributed by atoms with Crippen molar-refractivity contribution in [3.8, 4) is 0 Å². The van der Waals surface area contributed by atoms with Crippen molar-refractivity contribution in [3.63, 3.8) is 0 Å². The first-order valence-corrected chi connectivity index (χ1v) is 8.10. The predicted molar refractivity (Wildman–Crippen MR) is 102 cm³/mol. The third-order valence-corrected chi connectivity index (χ3v) is 4.12. The Kier molecular flexibility index (Phi) is 6.04. The lowest BCUT2D eigenvalue weighted by Gasteiger charge is -2.15. The molecule has 0 aliphatic heterocycles. The van der Waals surface area contributed by atoms with Gasteiger partial charge in [-0.2, -0.15) is 0 Å². The van der Waals surface area contributed by atoms with E-state index in [2.05, 4.69) is 10.6 Å². The molecular weight excluding hydrogens is 338 g/mol. The van der Waals surface area contributed by atoms with E-state index in [1.807, 2.05) is 31.2 Å². The van der Waals surface area contributed by atoms with Crippen LogP contribution in [0, 0.1) is 5.92 Å². The monoisotopic (exact) mass is 359 g/mol. The van der Waals surface area contributed by atoms with E-state index in [1.165, 1.54) is 0 Å². The van der Waals surface area contributed by atoms with Crippen molar-refractivity contribution < 1.29 is 9.59 Å². The van der Waals surface area contributed by atoms with Crippen molar-refractivity contribution in [2.75, 3.05) is 11.1 Å². The Morgan fingerprint density at radius 2 is 1.80 bits per heavy atom. The Labute approximate surface area is 153 Å². The van der Waals surface area contributed by atoms with Gasteiger partial charge < -0.3 is 16.4 Å². The summed E-state index contributed by atoms with van der Waals surface area (Å²) in [6.07, 6.45) is 1.97. The number of hydrogen-bond acceptors (Lipinski definition) is 3. The Morgan fingerprint density at radius 3 is 2.40 bits per heavy atom. The Hall–Kier alpha value is -2.53. The van der Waals surface area contributed by atoms with Crippen LogP contribution in [-0.2, 0) is 4.79 Å². The average Bonchev–Trinajstić information content (AvgIpc) is 3.40. The third kappa shape index (κ3) is 4.97. The van der Waals surface area contributed by atoms with E-state index in [4.69, 9.17) is 5.73 Å². The minimum Gasteiger partial charge on any atom is -0.399 e. The molecule has 3 rings (SSSR count). The van der Waals surface area contributed by atoms with Gasteiger partial charge in [-0.05, 0) is 55.7 Å². The zero-order chi connectivity index (χ0) is 17.1. The van der Waals surface area contributed by atoms with Gasteiger partial charge in [0.25, 0.3) is 5.91 Å². The second kappa shape index (κ2) is 8.03. The van der Waals surface area contributed by atoms with Gasteiger partial charge in [0.05, 0.1) is 6.04 Å². The van der Waals surface area contributed by atoms with Crippen molar-refractivity contribution in [1.82, 2.24) is 5.32 Å². The number of carbonyl (C=O) groups is 2. The standard InChI is InChI=1S/C19H21N3O2.ClH/c1-12(21-19(24)15-3-2-4-16(20)11-15)13-7-9-17(10-8-13)22-18(23)14-5-6-14;/h2-4,7-12,14H,5-6,20H2,1H3,(H,21,24)(H,22,23);1H. The highest BCUT2D eigenvalue weighted by Crippen LogP contribution is 2.30. The van der Waals surface area contributed by atoms with Crippen LogP contribution >= 0.6 is 12.4 Å². The molecule has 4 N–H and O–H groups in total. The van der Waals surface area contributed by atoms with Crippen LogP contribution in [-0.4, -0.2) is 11.8 Å². The molecular formula is C19H22ClN3O2. The summed E-state index contributed by atoms with van der Waals surface area (Å²) in [4.78, 5) is 24.0. The van der Waals surface area contributed by atoms with Crippen LogP contribution in [0.2, 0.25) is 0 Å². The third-order valence-electron chi connectivity index (χ3n) is 4.12. The highest BCUT2D eigenvalue weighted by atomic mass is 35.5. The van der Waals surface area contributed by atoms with Gasteiger partial charge in [0, 0.05) is 22.9 Å². The van der Waals surface area contributed by atoms with Gasteiger partial charge in [0.2, 0.25) is 5.91 Å². The molecule has 132 valence electrons. The minimum absolute atomic E-state index is 0. The number of benzene rings is 2. The maximum Gasteiger partial charge on any atom is 0.251 e. The summed E-state index contributed by atoms with van der Waals surface area (Å²) >= 11 is 0. The summed E-state index contributed by atoms with van der Waals surface area (Å²) < 4.78 is 0. The SMILES string of the molecule is CC(NC(=O)c1cccc(N)c1)c1ccc(NC(=O)C2CC2)cc1.Cl. The summed E-state index contributed by atoms with van der Waals surface area (Å²) in [7, 11) is 0. The fraction of sp³-hybridized carbons (Fsp3) is 0.263. The number of nitrogen functional groups attached to an aromatic ring is 1. The molecule has 0 heterocycles. The van der Waals surface area contributed by atoms with Crippen LogP contribution in [0.5, 0.6) is 0 Å². The molecule has 0 saturated heterocycles. The van der Waals surface area contributed by atoms with Gasteiger partial charge >= 0.3 is 0 Å².